The summed E-state index contributed by atoms with van der Waals surface area (Å²) in [6.45, 7) is 0. The number of benzene rings is 1. The molecule has 16 heavy (non-hydrogen) atoms. The lowest BCUT2D eigenvalue weighted by molar-refractivity contribution is -0.137. The Balaban J connectivity index is 0.000000386. The van der Waals surface area contributed by atoms with Crippen molar-refractivity contribution in [3.05, 3.63) is 41.0 Å². The maximum Gasteiger partial charge on any atom is 0.416 e. The van der Waals surface area contributed by atoms with E-state index >= 15 is 0 Å². The second-order valence-corrected chi connectivity index (χ2v) is 3.93. The molecule has 1 aliphatic rings. The lowest BCUT2D eigenvalue weighted by Gasteiger charge is -2.08. The molecule has 0 heterocycles. The Labute approximate surface area is 102 Å². The molecule has 0 atom stereocenters. The maximum absolute atomic E-state index is 12.2. The van der Waals surface area contributed by atoms with Crippen LogP contribution in [0.3, 0.4) is 0 Å². The molecule has 0 spiro atoms. The summed E-state index contributed by atoms with van der Waals surface area (Å²) in [6.07, 6.45) is 0.0944. The van der Waals surface area contributed by atoms with E-state index in [2.05, 4.69) is 0 Å². The monoisotopic (exact) mass is 268 g/mol. The van der Waals surface area contributed by atoms with Crippen molar-refractivity contribution < 1.29 is 13.2 Å². The molecule has 0 aliphatic heterocycles. The zero-order valence-corrected chi connectivity index (χ0v) is 9.70. The minimum atomic E-state index is -4.22. The van der Waals surface area contributed by atoms with Crippen molar-refractivity contribution in [3.8, 4) is 0 Å². The van der Waals surface area contributed by atoms with Gasteiger partial charge in [0.05, 0.1) is 10.9 Å². The van der Waals surface area contributed by atoms with Crippen LogP contribution < -0.4 is 0 Å². The summed E-state index contributed by atoms with van der Waals surface area (Å²) in [7, 11) is 0. The molecule has 1 aromatic carbocycles. The first-order chi connectivity index (χ1) is 7.49. The number of allylic oxidation sites excluding steroid dienone is 1. The molecule has 1 aromatic rings. The molecule has 0 saturated carbocycles. The van der Waals surface area contributed by atoms with E-state index in [0.717, 1.165) is 17.2 Å². The van der Waals surface area contributed by atoms with Gasteiger partial charge in [-0.05, 0) is 29.7 Å². The van der Waals surface area contributed by atoms with Gasteiger partial charge < -0.3 is 0 Å². The van der Waals surface area contributed by atoms with Gasteiger partial charge in [0.15, 0.2) is 0 Å². The number of alkyl halides is 5. The van der Waals surface area contributed by atoms with Crippen LogP contribution >= 0.6 is 23.2 Å². The zero-order chi connectivity index (χ0) is 12.2. The molecule has 88 valence electrons. The molecule has 0 nitrogen and oxygen atoms in total. The van der Waals surface area contributed by atoms with Crippen molar-refractivity contribution in [1.82, 2.24) is 0 Å². The van der Waals surface area contributed by atoms with Crippen molar-refractivity contribution >= 4 is 29.3 Å². The van der Waals surface area contributed by atoms with E-state index in [1.54, 1.807) is 0 Å². The van der Waals surface area contributed by atoms with Gasteiger partial charge in [-0.2, -0.15) is 13.2 Å². The second-order valence-electron chi connectivity index (χ2n) is 3.12. The average molecular weight is 269 g/mol. The van der Waals surface area contributed by atoms with Crippen molar-refractivity contribution in [2.24, 2.45) is 0 Å². The lowest BCUT2D eigenvalue weighted by atomic mass is 10.1. The highest BCUT2D eigenvalue weighted by Crippen LogP contribution is 2.32. The van der Waals surface area contributed by atoms with Gasteiger partial charge in [0.2, 0.25) is 0 Å². The summed E-state index contributed by atoms with van der Waals surface area (Å²) in [5.74, 6) is 0. The average Bonchev–Trinajstić information content (AvgIpc) is 2.63. The number of hydrogen-bond donors (Lipinski definition) is 0. The first kappa shape index (κ1) is 13.4. The van der Waals surface area contributed by atoms with Crippen LogP contribution in [0.4, 0.5) is 13.2 Å². The van der Waals surface area contributed by atoms with Crippen LogP contribution in [0.25, 0.3) is 6.08 Å². The molecule has 0 aromatic heterocycles. The number of fused-ring (bicyclic) bond motifs is 1. The van der Waals surface area contributed by atoms with Crippen LogP contribution in [0.2, 0.25) is 0 Å². The summed E-state index contributed by atoms with van der Waals surface area (Å²) in [5.41, 5.74) is 1.10. The molecule has 2 rings (SSSR count). The summed E-state index contributed by atoms with van der Waals surface area (Å²) in [6, 6.07) is 3.85. The molecule has 1 aliphatic carbocycles. The van der Waals surface area contributed by atoms with Crippen molar-refractivity contribution in [2.45, 2.75) is 12.6 Å². The predicted molar refractivity (Wildman–Crippen MR) is 60.8 cm³/mol. The van der Waals surface area contributed by atoms with Crippen LogP contribution in [0, 0.1) is 0 Å². The van der Waals surface area contributed by atoms with Gasteiger partial charge in [-0.15, -0.1) is 23.2 Å². The normalized spacial score (nSPS) is 13.1. The molecule has 0 bridgehead atoms. The fraction of sp³-hybridized carbons (Fsp3) is 0.273. The summed E-state index contributed by atoms with van der Waals surface area (Å²) >= 11 is 9.53. The Kier molecular flexibility index (Phi) is 4.69. The Hall–Kier alpha value is -0.670. The third-order valence-electron chi connectivity index (χ3n) is 2.11. The minimum absolute atomic E-state index is 0.194. The molecule has 5 heteroatoms. The fourth-order valence-corrected chi connectivity index (χ4v) is 1.43. The first-order valence-corrected chi connectivity index (χ1v) is 5.54. The minimum Gasteiger partial charge on any atom is -0.166 e. The van der Waals surface area contributed by atoms with Crippen LogP contribution in [0.1, 0.15) is 16.7 Å². The smallest absolute Gasteiger partial charge is 0.166 e. The van der Waals surface area contributed by atoms with Crippen LogP contribution in [0.15, 0.2) is 24.3 Å². The van der Waals surface area contributed by atoms with Crippen molar-refractivity contribution in [1.29, 1.82) is 0 Å². The van der Waals surface area contributed by atoms with E-state index in [9.17, 15) is 13.2 Å². The molecule has 0 saturated heterocycles. The summed E-state index contributed by atoms with van der Waals surface area (Å²) < 4.78 is 36.7. The Morgan fingerprint density at radius 2 is 1.81 bits per heavy atom. The van der Waals surface area contributed by atoms with Crippen molar-refractivity contribution in [2.75, 3.05) is 5.34 Å². The van der Waals surface area contributed by atoms with Crippen LogP contribution in [-0.4, -0.2) is 5.34 Å². The molecule has 0 N–H and O–H groups in total. The largest absolute Gasteiger partial charge is 0.416 e. The second kappa shape index (κ2) is 5.60. The van der Waals surface area contributed by atoms with E-state index in [1.807, 2.05) is 12.2 Å². The molecule has 0 unspecified atom stereocenters. The van der Waals surface area contributed by atoms with E-state index in [0.29, 0.717) is 6.42 Å². The van der Waals surface area contributed by atoms with Crippen LogP contribution in [-0.2, 0) is 12.6 Å². The molecular formula is C11H9Cl2F3. The topological polar surface area (TPSA) is 0 Å². The SMILES string of the molecule is ClCCl.FC(F)(F)c1ccc2c(c1)CC=C2. The summed E-state index contributed by atoms with van der Waals surface area (Å²) in [4.78, 5) is 0. The number of halogens is 5. The van der Waals surface area contributed by atoms with E-state index in [4.69, 9.17) is 23.2 Å². The van der Waals surface area contributed by atoms with E-state index in [-0.39, 0.29) is 5.34 Å². The Morgan fingerprint density at radius 3 is 2.38 bits per heavy atom. The Morgan fingerprint density at radius 1 is 1.19 bits per heavy atom. The highest BCUT2D eigenvalue weighted by Gasteiger charge is 2.30. The lowest BCUT2D eigenvalue weighted by Crippen LogP contribution is -2.05. The van der Waals surface area contributed by atoms with Gasteiger partial charge in [0.25, 0.3) is 0 Å². The first-order valence-electron chi connectivity index (χ1n) is 4.47. The highest BCUT2D eigenvalue weighted by molar-refractivity contribution is 6.40. The van der Waals surface area contributed by atoms with Gasteiger partial charge in [-0.3, -0.25) is 0 Å². The van der Waals surface area contributed by atoms with Crippen molar-refractivity contribution in [3.63, 3.8) is 0 Å². The van der Waals surface area contributed by atoms with Gasteiger partial charge >= 0.3 is 6.18 Å². The quantitative estimate of drug-likeness (QED) is 0.599. The van der Waals surface area contributed by atoms with E-state index in [1.165, 1.54) is 12.1 Å². The third-order valence-corrected chi connectivity index (χ3v) is 2.11. The number of hydrogen-bond acceptors (Lipinski definition) is 0. The standard InChI is InChI=1S/C10H7F3.CH2Cl2/c11-10(12,13)9-5-4-7-2-1-3-8(7)6-9;2-1-3/h1-2,4-6H,3H2;1H2. The Bertz CT molecular complexity index is 383. The number of rotatable bonds is 0. The molecule has 0 fully saturated rings. The maximum atomic E-state index is 12.2. The molecule has 0 radical (unpaired) electrons. The predicted octanol–water partition coefficient (Wildman–Crippen LogP) is 4.70. The fourth-order valence-electron chi connectivity index (χ4n) is 1.43. The van der Waals surface area contributed by atoms with E-state index < -0.39 is 11.7 Å². The van der Waals surface area contributed by atoms with Gasteiger partial charge in [0.1, 0.15) is 0 Å². The summed E-state index contributed by atoms with van der Waals surface area (Å²) in [5, 5.41) is 0.194. The molecular weight excluding hydrogens is 260 g/mol. The van der Waals surface area contributed by atoms with Crippen LogP contribution in [0.5, 0.6) is 0 Å². The zero-order valence-electron chi connectivity index (χ0n) is 8.19. The third kappa shape index (κ3) is 3.42. The molecule has 0 amide bonds. The highest BCUT2D eigenvalue weighted by atomic mass is 35.5. The van der Waals surface area contributed by atoms with Gasteiger partial charge in [-0.1, -0.05) is 18.2 Å². The van der Waals surface area contributed by atoms with Gasteiger partial charge in [0, 0.05) is 0 Å². The van der Waals surface area contributed by atoms with Gasteiger partial charge in [-0.25, -0.2) is 0 Å².